The Bertz CT molecular complexity index is 823. The van der Waals surface area contributed by atoms with Crippen LogP contribution >= 0.6 is 0 Å². The van der Waals surface area contributed by atoms with Crippen molar-refractivity contribution in [3.63, 3.8) is 0 Å². The van der Waals surface area contributed by atoms with E-state index in [9.17, 15) is 9.59 Å². The SMILES string of the molecule is CC(C)N1CCCn2c(nc(CNC(=O)c3nccn3C)cc2=O)C1. The highest BCUT2D eigenvalue weighted by atomic mass is 16.2. The molecule has 25 heavy (non-hydrogen) atoms. The van der Waals surface area contributed by atoms with Gasteiger partial charge in [0.1, 0.15) is 5.82 Å². The zero-order valence-corrected chi connectivity index (χ0v) is 14.9. The lowest BCUT2D eigenvalue weighted by atomic mass is 10.3. The van der Waals surface area contributed by atoms with Crippen LogP contribution in [0.15, 0.2) is 23.3 Å². The monoisotopic (exact) mass is 344 g/mol. The second-order valence-corrected chi connectivity index (χ2v) is 6.62. The molecule has 0 spiro atoms. The molecule has 0 radical (unpaired) electrons. The Balaban J connectivity index is 1.77. The van der Waals surface area contributed by atoms with Gasteiger partial charge in [0.2, 0.25) is 0 Å². The number of imidazole rings is 1. The van der Waals surface area contributed by atoms with Gasteiger partial charge >= 0.3 is 0 Å². The molecule has 0 saturated heterocycles. The Labute approximate surface area is 146 Å². The fourth-order valence-corrected chi connectivity index (χ4v) is 3.02. The molecule has 0 saturated carbocycles. The maximum atomic E-state index is 12.4. The second kappa shape index (κ2) is 7.18. The number of nitrogens with one attached hydrogen (secondary N) is 1. The lowest BCUT2D eigenvalue weighted by Gasteiger charge is -2.23. The number of carbonyl (C=O) groups excluding carboxylic acids is 1. The van der Waals surface area contributed by atoms with Crippen molar-refractivity contribution in [2.45, 2.75) is 45.9 Å². The minimum atomic E-state index is -0.284. The standard InChI is InChI=1S/C17H24N6O2/c1-12(2)22-6-4-7-23-14(11-22)20-13(9-15(23)24)10-19-17(25)16-18-5-8-21(16)3/h5,8-9,12H,4,6-7,10-11H2,1-3H3,(H,19,25). The summed E-state index contributed by atoms with van der Waals surface area (Å²) in [6.45, 7) is 6.77. The predicted octanol–water partition coefficient (Wildman–Crippen LogP) is 0.521. The van der Waals surface area contributed by atoms with E-state index in [2.05, 4.69) is 34.0 Å². The van der Waals surface area contributed by atoms with Gasteiger partial charge in [-0.2, -0.15) is 0 Å². The van der Waals surface area contributed by atoms with Crippen LogP contribution in [0.3, 0.4) is 0 Å². The molecule has 3 rings (SSSR count). The van der Waals surface area contributed by atoms with Crippen LogP contribution in [0.5, 0.6) is 0 Å². The van der Waals surface area contributed by atoms with Crippen molar-refractivity contribution in [3.8, 4) is 0 Å². The van der Waals surface area contributed by atoms with Crippen molar-refractivity contribution in [1.82, 2.24) is 29.3 Å². The van der Waals surface area contributed by atoms with Gasteiger partial charge in [-0.15, -0.1) is 0 Å². The van der Waals surface area contributed by atoms with E-state index in [0.29, 0.717) is 30.6 Å². The van der Waals surface area contributed by atoms with Crippen molar-refractivity contribution >= 4 is 5.91 Å². The first-order valence-electron chi connectivity index (χ1n) is 8.55. The van der Waals surface area contributed by atoms with E-state index in [0.717, 1.165) is 18.8 Å². The summed E-state index contributed by atoms with van der Waals surface area (Å²) in [5.41, 5.74) is 0.515. The molecule has 8 nitrogen and oxygen atoms in total. The second-order valence-electron chi connectivity index (χ2n) is 6.62. The maximum absolute atomic E-state index is 12.4. The quantitative estimate of drug-likeness (QED) is 0.874. The Morgan fingerprint density at radius 1 is 1.36 bits per heavy atom. The third kappa shape index (κ3) is 3.79. The number of aryl methyl sites for hydroxylation is 1. The molecule has 1 aliphatic heterocycles. The molecule has 1 N–H and O–H groups in total. The molecule has 0 fully saturated rings. The number of aromatic nitrogens is 4. The molecule has 8 heteroatoms. The van der Waals surface area contributed by atoms with Gasteiger partial charge in [-0.3, -0.25) is 19.1 Å². The number of carbonyl (C=O) groups is 1. The van der Waals surface area contributed by atoms with Gasteiger partial charge in [-0.25, -0.2) is 9.97 Å². The van der Waals surface area contributed by atoms with Gasteiger partial charge in [0, 0.05) is 44.6 Å². The highest BCUT2D eigenvalue weighted by Crippen LogP contribution is 2.12. The largest absolute Gasteiger partial charge is 0.344 e. The van der Waals surface area contributed by atoms with E-state index in [1.54, 1.807) is 28.6 Å². The average molecular weight is 344 g/mol. The zero-order chi connectivity index (χ0) is 18.0. The van der Waals surface area contributed by atoms with Crippen LogP contribution in [0.25, 0.3) is 0 Å². The molecule has 0 aromatic carbocycles. The average Bonchev–Trinajstić information content (AvgIpc) is 2.87. The first-order valence-corrected chi connectivity index (χ1v) is 8.55. The van der Waals surface area contributed by atoms with Crippen molar-refractivity contribution in [2.24, 2.45) is 7.05 Å². The number of amides is 1. The summed E-state index contributed by atoms with van der Waals surface area (Å²) in [7, 11) is 1.76. The third-order valence-corrected chi connectivity index (χ3v) is 4.50. The smallest absolute Gasteiger partial charge is 0.287 e. The Morgan fingerprint density at radius 2 is 2.16 bits per heavy atom. The third-order valence-electron chi connectivity index (χ3n) is 4.50. The first-order chi connectivity index (χ1) is 12.0. The molecule has 3 heterocycles. The number of rotatable bonds is 4. The minimum absolute atomic E-state index is 0.0585. The van der Waals surface area contributed by atoms with Gasteiger partial charge < -0.3 is 9.88 Å². The summed E-state index contributed by atoms with van der Waals surface area (Å²) in [4.78, 5) is 35.5. The highest BCUT2D eigenvalue weighted by molar-refractivity contribution is 5.90. The van der Waals surface area contributed by atoms with E-state index in [-0.39, 0.29) is 18.0 Å². The summed E-state index contributed by atoms with van der Waals surface area (Å²) in [6.07, 6.45) is 4.22. The Kier molecular flexibility index (Phi) is 4.98. The first kappa shape index (κ1) is 17.3. The van der Waals surface area contributed by atoms with Crippen LogP contribution in [-0.2, 0) is 26.7 Å². The molecular formula is C17H24N6O2. The maximum Gasteiger partial charge on any atom is 0.287 e. The van der Waals surface area contributed by atoms with E-state index < -0.39 is 0 Å². The highest BCUT2D eigenvalue weighted by Gasteiger charge is 2.19. The van der Waals surface area contributed by atoms with Crippen molar-refractivity contribution in [3.05, 3.63) is 46.2 Å². The molecule has 1 amide bonds. The zero-order valence-electron chi connectivity index (χ0n) is 14.9. The van der Waals surface area contributed by atoms with Gasteiger partial charge in [0.15, 0.2) is 5.82 Å². The Morgan fingerprint density at radius 3 is 2.84 bits per heavy atom. The fourth-order valence-electron chi connectivity index (χ4n) is 3.02. The summed E-state index contributed by atoms with van der Waals surface area (Å²) in [5.74, 6) is 0.811. The molecule has 2 aromatic rings. The van der Waals surface area contributed by atoms with Gasteiger partial charge in [-0.1, -0.05) is 0 Å². The van der Waals surface area contributed by atoms with Gasteiger partial charge in [-0.05, 0) is 20.3 Å². The molecule has 0 atom stereocenters. The van der Waals surface area contributed by atoms with Crippen LogP contribution in [-0.4, -0.2) is 42.5 Å². The van der Waals surface area contributed by atoms with E-state index in [4.69, 9.17) is 0 Å². The normalized spacial score (nSPS) is 15.0. The number of nitrogens with zero attached hydrogens (tertiary/aromatic N) is 5. The molecule has 0 unspecified atom stereocenters. The van der Waals surface area contributed by atoms with Gasteiger partial charge in [0.25, 0.3) is 11.5 Å². The molecule has 134 valence electrons. The molecular weight excluding hydrogens is 320 g/mol. The van der Waals surface area contributed by atoms with Crippen LogP contribution < -0.4 is 10.9 Å². The number of fused-ring (bicyclic) bond motifs is 1. The lowest BCUT2D eigenvalue weighted by Crippen LogP contribution is -2.33. The van der Waals surface area contributed by atoms with E-state index >= 15 is 0 Å². The minimum Gasteiger partial charge on any atom is -0.344 e. The molecule has 2 aromatic heterocycles. The fraction of sp³-hybridized carbons (Fsp3) is 0.529. The van der Waals surface area contributed by atoms with Crippen LogP contribution in [0.1, 0.15) is 42.4 Å². The summed E-state index contributed by atoms with van der Waals surface area (Å²) in [6, 6.07) is 1.91. The number of hydrogen-bond acceptors (Lipinski definition) is 5. The summed E-state index contributed by atoms with van der Waals surface area (Å²) < 4.78 is 3.39. The molecule has 0 bridgehead atoms. The predicted molar refractivity (Wildman–Crippen MR) is 93.0 cm³/mol. The summed E-state index contributed by atoms with van der Waals surface area (Å²) >= 11 is 0. The van der Waals surface area contributed by atoms with Crippen molar-refractivity contribution in [1.29, 1.82) is 0 Å². The van der Waals surface area contributed by atoms with Crippen molar-refractivity contribution < 1.29 is 4.79 Å². The molecule has 1 aliphatic rings. The summed E-state index contributed by atoms with van der Waals surface area (Å²) in [5, 5.41) is 2.78. The van der Waals surface area contributed by atoms with Crippen LogP contribution in [0, 0.1) is 0 Å². The van der Waals surface area contributed by atoms with Crippen LogP contribution in [0.4, 0.5) is 0 Å². The number of hydrogen-bond donors (Lipinski definition) is 1. The van der Waals surface area contributed by atoms with Gasteiger partial charge in [0.05, 0.1) is 18.8 Å². The van der Waals surface area contributed by atoms with E-state index in [1.165, 1.54) is 6.07 Å². The van der Waals surface area contributed by atoms with Crippen molar-refractivity contribution in [2.75, 3.05) is 6.54 Å². The Hall–Kier alpha value is -2.48. The van der Waals surface area contributed by atoms with E-state index in [1.807, 2.05) is 0 Å². The van der Waals surface area contributed by atoms with Crippen LogP contribution in [0.2, 0.25) is 0 Å². The molecule has 0 aliphatic carbocycles. The topological polar surface area (TPSA) is 85.1 Å². The lowest BCUT2D eigenvalue weighted by molar-refractivity contribution is 0.0937.